The number of urea groups is 1. The van der Waals surface area contributed by atoms with Gasteiger partial charge in [0.25, 0.3) is 11.8 Å². The minimum Gasteiger partial charge on any atom is -0.355 e. The number of aromatic nitrogens is 2. The summed E-state index contributed by atoms with van der Waals surface area (Å²) in [6.45, 7) is 1.39. The molecule has 33 heavy (non-hydrogen) atoms. The molecular weight excluding hydrogens is 452 g/mol. The first-order chi connectivity index (χ1) is 15.7. The Labute approximate surface area is 196 Å². The van der Waals surface area contributed by atoms with E-state index in [4.69, 9.17) is 11.6 Å². The van der Waals surface area contributed by atoms with Gasteiger partial charge in [0.1, 0.15) is 11.4 Å². The second-order valence-corrected chi connectivity index (χ2v) is 7.99. The van der Waals surface area contributed by atoms with Crippen LogP contribution in [-0.4, -0.2) is 96.3 Å². The average molecular weight is 481 g/mol. The monoisotopic (exact) mass is 480 g/mol. The van der Waals surface area contributed by atoms with Gasteiger partial charge in [-0.2, -0.15) is 5.01 Å². The molecule has 4 amide bonds. The van der Waals surface area contributed by atoms with Gasteiger partial charge in [0.2, 0.25) is 0 Å². The summed E-state index contributed by atoms with van der Waals surface area (Å²) < 4.78 is 0. The van der Waals surface area contributed by atoms with E-state index in [1.807, 2.05) is 19.0 Å². The molecule has 0 spiro atoms. The Bertz CT molecular complexity index is 973. The summed E-state index contributed by atoms with van der Waals surface area (Å²) in [5, 5.41) is 5.70. The first-order valence-corrected chi connectivity index (χ1v) is 10.7. The highest BCUT2D eigenvalue weighted by molar-refractivity contribution is 6.18. The van der Waals surface area contributed by atoms with E-state index < -0.39 is 11.9 Å². The number of hydrogen-bond donors (Lipinski definition) is 3. The van der Waals surface area contributed by atoms with Crippen molar-refractivity contribution in [3.63, 3.8) is 0 Å². The Hall–Kier alpha value is -3.38. The quantitative estimate of drug-likeness (QED) is 0.257. The van der Waals surface area contributed by atoms with E-state index in [2.05, 4.69) is 20.6 Å². The molecule has 0 aromatic carbocycles. The van der Waals surface area contributed by atoms with Crippen molar-refractivity contribution in [3.8, 4) is 0 Å². The molecule has 0 saturated heterocycles. The summed E-state index contributed by atoms with van der Waals surface area (Å²) in [5.41, 5.74) is 1.09. The van der Waals surface area contributed by atoms with Gasteiger partial charge >= 0.3 is 6.03 Å². The Balaban J connectivity index is 2.07. The van der Waals surface area contributed by atoms with Gasteiger partial charge in [0.15, 0.2) is 0 Å². The van der Waals surface area contributed by atoms with Crippen molar-refractivity contribution in [3.05, 3.63) is 40.8 Å². The highest BCUT2D eigenvalue weighted by Gasteiger charge is 2.23. The Kier molecular flexibility index (Phi) is 9.43. The standard InChI is InChI=1S/C20H29ClN8O4/c1-26(2)9-5-10-27(3)18(30)16-12-14(13-23-16)28(4)19(31)17-15(6-8-22-17)24-20(32)29(25-33)11-7-21/h6,8,12-13,22-23H,5,7,9-11H2,1-4H3,(H,24,32). The van der Waals surface area contributed by atoms with Crippen LogP contribution < -0.4 is 10.2 Å². The van der Waals surface area contributed by atoms with Crippen molar-refractivity contribution >= 4 is 40.8 Å². The van der Waals surface area contributed by atoms with E-state index in [0.717, 1.165) is 13.0 Å². The minimum atomic E-state index is -0.811. The molecule has 180 valence electrons. The molecule has 12 nitrogen and oxygen atoms in total. The van der Waals surface area contributed by atoms with Crippen molar-refractivity contribution in [2.24, 2.45) is 5.29 Å². The lowest BCUT2D eigenvalue weighted by Crippen LogP contribution is -2.33. The highest BCUT2D eigenvalue weighted by Crippen LogP contribution is 2.21. The second-order valence-electron chi connectivity index (χ2n) is 7.61. The van der Waals surface area contributed by atoms with Crippen molar-refractivity contribution in [2.45, 2.75) is 6.42 Å². The molecule has 13 heteroatoms. The minimum absolute atomic E-state index is 0.0280. The number of anilines is 2. The number of carbonyl (C=O) groups excluding carboxylic acids is 3. The Morgan fingerprint density at radius 1 is 1.06 bits per heavy atom. The lowest BCUT2D eigenvalue weighted by molar-refractivity contribution is 0.0785. The van der Waals surface area contributed by atoms with Crippen LogP contribution in [0, 0.1) is 4.91 Å². The van der Waals surface area contributed by atoms with E-state index in [9.17, 15) is 19.3 Å². The fraction of sp³-hybridized carbons (Fsp3) is 0.450. The zero-order valence-electron chi connectivity index (χ0n) is 19.1. The fourth-order valence-electron chi connectivity index (χ4n) is 3.01. The van der Waals surface area contributed by atoms with Crippen LogP contribution in [0.25, 0.3) is 0 Å². The first-order valence-electron chi connectivity index (χ1n) is 10.2. The number of hydrogen-bond acceptors (Lipinski definition) is 6. The van der Waals surface area contributed by atoms with Crippen LogP contribution in [0.5, 0.6) is 0 Å². The maximum atomic E-state index is 13.0. The fourth-order valence-corrected chi connectivity index (χ4v) is 3.17. The number of nitrogens with one attached hydrogen (secondary N) is 3. The smallest absolute Gasteiger partial charge is 0.344 e. The lowest BCUT2D eigenvalue weighted by atomic mass is 10.3. The highest BCUT2D eigenvalue weighted by atomic mass is 35.5. The SMILES string of the molecule is CN(C)CCCN(C)C(=O)c1cc(N(C)C(=O)c2[nH]ccc2NC(=O)N(CCCl)N=O)c[nH]1. The second kappa shape index (κ2) is 12.0. The summed E-state index contributed by atoms with van der Waals surface area (Å²) in [5.74, 6) is -0.620. The van der Waals surface area contributed by atoms with Gasteiger partial charge in [-0.3, -0.25) is 9.59 Å². The van der Waals surface area contributed by atoms with Gasteiger partial charge in [0, 0.05) is 38.9 Å². The molecule has 0 fully saturated rings. The number of nitrogens with zero attached hydrogens (tertiary/aromatic N) is 5. The summed E-state index contributed by atoms with van der Waals surface area (Å²) in [6, 6.07) is 2.26. The van der Waals surface area contributed by atoms with Gasteiger partial charge in [-0.1, -0.05) is 0 Å². The van der Waals surface area contributed by atoms with Gasteiger partial charge in [-0.05, 0) is 39.2 Å². The molecule has 2 aromatic rings. The largest absolute Gasteiger partial charge is 0.355 e. The van der Waals surface area contributed by atoms with Crippen molar-refractivity contribution in [1.29, 1.82) is 0 Å². The number of amides is 4. The normalized spacial score (nSPS) is 10.7. The van der Waals surface area contributed by atoms with Crippen LogP contribution >= 0.6 is 11.6 Å². The molecule has 0 aliphatic rings. The van der Waals surface area contributed by atoms with Crippen LogP contribution in [-0.2, 0) is 0 Å². The molecule has 0 saturated carbocycles. The summed E-state index contributed by atoms with van der Waals surface area (Å²) >= 11 is 5.55. The number of halogens is 1. The first kappa shape index (κ1) is 25.9. The number of aromatic amines is 2. The van der Waals surface area contributed by atoms with E-state index in [1.54, 1.807) is 31.3 Å². The zero-order chi connectivity index (χ0) is 24.5. The third-order valence-electron chi connectivity index (χ3n) is 4.87. The lowest BCUT2D eigenvalue weighted by Gasteiger charge is -2.18. The summed E-state index contributed by atoms with van der Waals surface area (Å²) in [4.78, 5) is 59.3. The van der Waals surface area contributed by atoms with E-state index in [-0.39, 0.29) is 29.7 Å². The number of alkyl halides is 1. The molecule has 0 radical (unpaired) electrons. The van der Waals surface area contributed by atoms with E-state index in [1.165, 1.54) is 17.2 Å². The number of carbonyl (C=O) groups is 3. The molecule has 0 aliphatic carbocycles. The number of H-pyrrole nitrogens is 2. The van der Waals surface area contributed by atoms with Gasteiger partial charge in [-0.15, -0.1) is 16.5 Å². The summed E-state index contributed by atoms with van der Waals surface area (Å²) in [6.07, 6.45) is 3.87. The zero-order valence-corrected chi connectivity index (χ0v) is 19.8. The topological polar surface area (TPSA) is 137 Å². The Morgan fingerprint density at radius 2 is 1.79 bits per heavy atom. The molecule has 0 aliphatic heterocycles. The predicted molar refractivity (Wildman–Crippen MR) is 127 cm³/mol. The maximum Gasteiger partial charge on any atom is 0.344 e. The maximum absolute atomic E-state index is 13.0. The van der Waals surface area contributed by atoms with Crippen LogP contribution in [0.15, 0.2) is 29.8 Å². The van der Waals surface area contributed by atoms with Crippen molar-refractivity contribution in [2.75, 3.05) is 63.9 Å². The predicted octanol–water partition coefficient (Wildman–Crippen LogP) is 2.40. The van der Waals surface area contributed by atoms with Crippen LogP contribution in [0.4, 0.5) is 16.2 Å². The molecule has 0 unspecified atom stereocenters. The van der Waals surface area contributed by atoms with Gasteiger partial charge in [0.05, 0.1) is 23.2 Å². The molecular formula is C20H29ClN8O4. The van der Waals surface area contributed by atoms with E-state index in [0.29, 0.717) is 22.9 Å². The molecule has 2 rings (SSSR count). The van der Waals surface area contributed by atoms with Crippen molar-refractivity contribution < 1.29 is 14.4 Å². The molecule has 0 atom stereocenters. The number of nitroso groups, excluding NO2 is 1. The third-order valence-corrected chi connectivity index (χ3v) is 5.04. The van der Waals surface area contributed by atoms with Gasteiger partial charge in [-0.25, -0.2) is 4.79 Å². The molecule has 3 N–H and O–H groups in total. The van der Waals surface area contributed by atoms with E-state index >= 15 is 0 Å². The molecule has 2 heterocycles. The third kappa shape index (κ3) is 6.80. The number of rotatable bonds is 11. The van der Waals surface area contributed by atoms with Crippen LogP contribution in [0.3, 0.4) is 0 Å². The summed E-state index contributed by atoms with van der Waals surface area (Å²) in [7, 11) is 7.22. The Morgan fingerprint density at radius 3 is 2.42 bits per heavy atom. The molecule has 0 bridgehead atoms. The van der Waals surface area contributed by atoms with Crippen LogP contribution in [0.1, 0.15) is 27.4 Å². The van der Waals surface area contributed by atoms with Crippen LogP contribution in [0.2, 0.25) is 0 Å². The van der Waals surface area contributed by atoms with Gasteiger partial charge < -0.3 is 30.0 Å². The van der Waals surface area contributed by atoms with Crippen molar-refractivity contribution in [1.82, 2.24) is 24.8 Å². The average Bonchev–Trinajstić information content (AvgIpc) is 3.45. The molecule has 2 aromatic heterocycles.